The topological polar surface area (TPSA) is 59.6 Å². The van der Waals surface area contributed by atoms with Crippen LogP contribution in [-0.4, -0.2) is 24.7 Å². The molecule has 3 atom stereocenters. The third kappa shape index (κ3) is 2.66. The second-order valence-corrected chi connectivity index (χ2v) is 5.96. The van der Waals surface area contributed by atoms with E-state index in [1.807, 2.05) is 6.07 Å². The summed E-state index contributed by atoms with van der Waals surface area (Å²) in [5.74, 6) is 1.09. The van der Waals surface area contributed by atoms with Crippen LogP contribution in [0.25, 0.3) is 0 Å². The number of anilines is 1. The van der Waals surface area contributed by atoms with E-state index in [0.29, 0.717) is 24.0 Å². The lowest BCUT2D eigenvalue weighted by molar-refractivity contribution is -0.0937. The average molecular weight is 273 g/mol. The Labute approximate surface area is 120 Å². The van der Waals surface area contributed by atoms with Crippen molar-refractivity contribution < 1.29 is 4.74 Å². The van der Waals surface area contributed by atoms with Crippen LogP contribution in [0.1, 0.15) is 30.4 Å². The fraction of sp³-hybridized carbons (Fsp3) is 0.562. The number of aryl methyl sites for hydroxylation is 2. The molecule has 2 fully saturated rings. The van der Waals surface area contributed by atoms with Gasteiger partial charge in [0.15, 0.2) is 5.96 Å². The van der Waals surface area contributed by atoms with Crippen molar-refractivity contribution in [3.8, 4) is 0 Å². The summed E-state index contributed by atoms with van der Waals surface area (Å²) in [5.41, 5.74) is 9.57. The summed E-state index contributed by atoms with van der Waals surface area (Å²) in [6, 6.07) is 6.57. The van der Waals surface area contributed by atoms with Crippen molar-refractivity contribution in [1.29, 1.82) is 0 Å². The summed E-state index contributed by atoms with van der Waals surface area (Å²) < 4.78 is 5.71. The second-order valence-electron chi connectivity index (χ2n) is 5.96. The van der Waals surface area contributed by atoms with Gasteiger partial charge >= 0.3 is 0 Å². The lowest BCUT2D eigenvalue weighted by Crippen LogP contribution is -2.49. The average Bonchev–Trinajstić information content (AvgIpc) is 2.40. The molecule has 1 aromatic carbocycles. The summed E-state index contributed by atoms with van der Waals surface area (Å²) in [5, 5.41) is 3.19. The highest BCUT2D eigenvalue weighted by molar-refractivity contribution is 5.92. The van der Waals surface area contributed by atoms with Crippen molar-refractivity contribution >= 4 is 11.6 Å². The number of fused-ring (bicyclic) bond motifs is 1. The fourth-order valence-corrected chi connectivity index (χ4v) is 3.09. The quantitative estimate of drug-likeness (QED) is 0.643. The molecule has 3 rings (SSSR count). The third-order valence-corrected chi connectivity index (χ3v) is 4.54. The van der Waals surface area contributed by atoms with Crippen molar-refractivity contribution in [2.24, 2.45) is 16.6 Å². The number of benzene rings is 1. The Balaban J connectivity index is 1.62. The molecule has 3 N–H and O–H groups in total. The molecule has 1 saturated carbocycles. The van der Waals surface area contributed by atoms with Gasteiger partial charge in [0.2, 0.25) is 0 Å². The largest absolute Gasteiger partial charge is 0.378 e. The maximum Gasteiger partial charge on any atom is 0.193 e. The van der Waals surface area contributed by atoms with Crippen LogP contribution in [0.2, 0.25) is 0 Å². The Morgan fingerprint density at radius 2 is 2.20 bits per heavy atom. The highest BCUT2D eigenvalue weighted by atomic mass is 16.5. The first-order valence-corrected chi connectivity index (χ1v) is 7.42. The standard InChI is InChI=1S/C16H23N3O/c1-10-5-6-12(8-11(10)2)18-16(17)19-14-9-15-13(14)4-3-7-20-15/h5-6,8,13-15H,3-4,7,9H2,1-2H3,(H3,17,18,19). The van der Waals surface area contributed by atoms with Crippen LogP contribution in [0.4, 0.5) is 5.69 Å². The molecule has 0 amide bonds. The molecular weight excluding hydrogens is 250 g/mol. The zero-order chi connectivity index (χ0) is 14.1. The van der Waals surface area contributed by atoms with E-state index in [2.05, 4.69) is 36.3 Å². The molecule has 0 aromatic heterocycles. The van der Waals surface area contributed by atoms with Gasteiger partial charge in [0.25, 0.3) is 0 Å². The molecule has 108 valence electrons. The van der Waals surface area contributed by atoms with Crippen LogP contribution in [0, 0.1) is 19.8 Å². The molecule has 1 aliphatic carbocycles. The highest BCUT2D eigenvalue weighted by Gasteiger charge is 2.43. The predicted octanol–water partition coefficient (Wildman–Crippen LogP) is 2.60. The van der Waals surface area contributed by atoms with E-state index in [4.69, 9.17) is 10.5 Å². The molecule has 3 unspecified atom stereocenters. The SMILES string of the molecule is Cc1ccc(NC(N)=NC2CC3OCCCC23)cc1C. The van der Waals surface area contributed by atoms with E-state index >= 15 is 0 Å². The van der Waals surface area contributed by atoms with Crippen LogP contribution >= 0.6 is 0 Å². The Hall–Kier alpha value is -1.55. The van der Waals surface area contributed by atoms with Crippen LogP contribution in [0.5, 0.6) is 0 Å². The van der Waals surface area contributed by atoms with E-state index in [0.717, 1.165) is 25.1 Å². The number of guanidine groups is 1. The number of aliphatic imine (C=N–C) groups is 1. The van der Waals surface area contributed by atoms with Crippen LogP contribution in [-0.2, 0) is 4.74 Å². The molecule has 0 radical (unpaired) electrons. The van der Waals surface area contributed by atoms with Gasteiger partial charge in [-0.1, -0.05) is 6.07 Å². The minimum absolute atomic E-state index is 0.333. The summed E-state index contributed by atoms with van der Waals surface area (Å²) in [6.45, 7) is 5.12. The molecule has 4 nitrogen and oxygen atoms in total. The van der Waals surface area contributed by atoms with E-state index in [1.165, 1.54) is 17.5 Å². The molecule has 1 aromatic rings. The fourth-order valence-electron chi connectivity index (χ4n) is 3.09. The molecular formula is C16H23N3O. The minimum Gasteiger partial charge on any atom is -0.378 e. The Kier molecular flexibility index (Phi) is 3.66. The zero-order valence-corrected chi connectivity index (χ0v) is 12.2. The second kappa shape index (κ2) is 5.44. The predicted molar refractivity (Wildman–Crippen MR) is 82.0 cm³/mol. The number of nitrogens with two attached hydrogens (primary N) is 1. The lowest BCUT2D eigenvalue weighted by Gasteiger charge is -2.45. The van der Waals surface area contributed by atoms with Crippen LogP contribution in [0.15, 0.2) is 23.2 Å². The van der Waals surface area contributed by atoms with Gasteiger partial charge in [-0.2, -0.15) is 0 Å². The van der Waals surface area contributed by atoms with Crippen molar-refractivity contribution in [3.63, 3.8) is 0 Å². The molecule has 1 heterocycles. The van der Waals surface area contributed by atoms with Gasteiger partial charge in [0.1, 0.15) is 0 Å². The maximum absolute atomic E-state index is 6.02. The Morgan fingerprint density at radius 1 is 1.35 bits per heavy atom. The van der Waals surface area contributed by atoms with Gasteiger partial charge in [0, 0.05) is 18.2 Å². The molecule has 1 saturated heterocycles. The summed E-state index contributed by atoms with van der Waals surface area (Å²) in [7, 11) is 0. The van der Waals surface area contributed by atoms with Crippen molar-refractivity contribution in [1.82, 2.24) is 0 Å². The van der Waals surface area contributed by atoms with Crippen molar-refractivity contribution in [3.05, 3.63) is 29.3 Å². The Morgan fingerprint density at radius 3 is 2.95 bits per heavy atom. The number of ether oxygens (including phenoxy) is 1. The first kappa shape index (κ1) is 13.4. The van der Waals surface area contributed by atoms with E-state index in [-0.39, 0.29) is 0 Å². The Bertz CT molecular complexity index is 526. The van der Waals surface area contributed by atoms with E-state index in [1.54, 1.807) is 0 Å². The zero-order valence-electron chi connectivity index (χ0n) is 12.2. The molecule has 0 bridgehead atoms. The normalized spacial score (nSPS) is 29.5. The first-order chi connectivity index (χ1) is 9.63. The minimum atomic E-state index is 0.333. The number of hydrogen-bond donors (Lipinski definition) is 2. The molecule has 4 heteroatoms. The summed E-state index contributed by atoms with van der Waals surface area (Å²) >= 11 is 0. The monoisotopic (exact) mass is 273 g/mol. The van der Waals surface area contributed by atoms with E-state index < -0.39 is 0 Å². The number of nitrogens with zero attached hydrogens (tertiary/aromatic N) is 1. The molecule has 0 spiro atoms. The van der Waals surface area contributed by atoms with E-state index in [9.17, 15) is 0 Å². The summed E-state index contributed by atoms with van der Waals surface area (Å²) in [4.78, 5) is 4.62. The van der Waals surface area contributed by atoms with Gasteiger partial charge in [-0.05, 0) is 56.4 Å². The number of nitrogens with one attached hydrogen (secondary N) is 1. The van der Waals surface area contributed by atoms with Gasteiger partial charge in [-0.15, -0.1) is 0 Å². The van der Waals surface area contributed by atoms with Gasteiger partial charge < -0.3 is 15.8 Å². The number of rotatable bonds is 2. The van der Waals surface area contributed by atoms with Gasteiger partial charge in [-0.25, -0.2) is 4.99 Å². The molecule has 1 aliphatic heterocycles. The third-order valence-electron chi connectivity index (χ3n) is 4.54. The van der Waals surface area contributed by atoms with Crippen molar-refractivity contribution in [2.45, 2.75) is 45.3 Å². The molecule has 20 heavy (non-hydrogen) atoms. The van der Waals surface area contributed by atoms with Crippen molar-refractivity contribution in [2.75, 3.05) is 11.9 Å². The van der Waals surface area contributed by atoms with Crippen LogP contribution < -0.4 is 11.1 Å². The summed E-state index contributed by atoms with van der Waals surface area (Å²) in [6.07, 6.45) is 3.81. The van der Waals surface area contributed by atoms with Gasteiger partial charge in [0.05, 0.1) is 12.1 Å². The van der Waals surface area contributed by atoms with Crippen LogP contribution in [0.3, 0.4) is 0 Å². The highest BCUT2D eigenvalue weighted by Crippen LogP contribution is 2.39. The lowest BCUT2D eigenvalue weighted by atomic mass is 9.73. The number of hydrogen-bond acceptors (Lipinski definition) is 2. The molecule has 2 aliphatic rings. The first-order valence-electron chi connectivity index (χ1n) is 7.42. The smallest absolute Gasteiger partial charge is 0.193 e. The van der Waals surface area contributed by atoms with Gasteiger partial charge in [-0.3, -0.25) is 0 Å². The maximum atomic E-state index is 6.02.